The maximum atomic E-state index is 11.6. The van der Waals surface area contributed by atoms with Crippen molar-refractivity contribution in [1.82, 2.24) is 10.2 Å². The quantitative estimate of drug-likeness (QED) is 0.495. The first kappa shape index (κ1) is 10.9. The van der Waals surface area contributed by atoms with Crippen molar-refractivity contribution < 1.29 is 19.8 Å². The molecule has 14 heavy (non-hydrogen) atoms. The van der Waals surface area contributed by atoms with E-state index in [9.17, 15) is 9.59 Å². The minimum Gasteiger partial charge on any atom is -0.394 e. The van der Waals surface area contributed by atoms with Crippen molar-refractivity contribution >= 4 is 11.9 Å². The van der Waals surface area contributed by atoms with Crippen LogP contribution in [-0.2, 0) is 4.79 Å². The van der Waals surface area contributed by atoms with Crippen molar-refractivity contribution in [3.63, 3.8) is 0 Å². The third-order valence-corrected chi connectivity index (χ3v) is 2.18. The maximum absolute atomic E-state index is 11.6. The fourth-order valence-corrected chi connectivity index (χ4v) is 1.33. The smallest absolute Gasteiger partial charge is 0.325 e. The summed E-state index contributed by atoms with van der Waals surface area (Å²) < 4.78 is 0. The summed E-state index contributed by atoms with van der Waals surface area (Å²) in [7, 11) is 0. The number of carbonyl (C=O) groups excluding carboxylic acids is 2. The molecule has 0 saturated carbocycles. The van der Waals surface area contributed by atoms with E-state index in [2.05, 4.69) is 5.32 Å². The number of hydrogen-bond donors (Lipinski definition) is 3. The molecule has 1 heterocycles. The van der Waals surface area contributed by atoms with Crippen molar-refractivity contribution in [2.75, 3.05) is 13.2 Å². The summed E-state index contributed by atoms with van der Waals surface area (Å²) in [6.07, 6.45) is 0. The molecule has 1 rings (SSSR count). The Kier molecular flexibility index (Phi) is 2.77. The average molecular weight is 202 g/mol. The van der Waals surface area contributed by atoms with Gasteiger partial charge in [-0.25, -0.2) is 4.79 Å². The van der Waals surface area contributed by atoms with Gasteiger partial charge in [0.15, 0.2) is 0 Å². The van der Waals surface area contributed by atoms with Crippen molar-refractivity contribution in [3.8, 4) is 0 Å². The molecule has 0 aromatic heterocycles. The lowest BCUT2D eigenvalue weighted by Gasteiger charge is -2.22. The Morgan fingerprint density at radius 2 is 1.86 bits per heavy atom. The van der Waals surface area contributed by atoms with Gasteiger partial charge in [0.1, 0.15) is 5.54 Å². The van der Waals surface area contributed by atoms with Gasteiger partial charge in [-0.3, -0.25) is 9.69 Å². The molecule has 6 heteroatoms. The lowest BCUT2D eigenvalue weighted by Crippen LogP contribution is -2.46. The molecule has 0 aromatic rings. The highest BCUT2D eigenvalue weighted by Gasteiger charge is 2.46. The average Bonchev–Trinajstić information content (AvgIpc) is 2.29. The van der Waals surface area contributed by atoms with Gasteiger partial charge in [0.05, 0.1) is 19.3 Å². The monoisotopic (exact) mass is 202 g/mol. The molecule has 1 aliphatic rings. The predicted octanol–water partition coefficient (Wildman–Crippen LogP) is -1.33. The van der Waals surface area contributed by atoms with E-state index in [-0.39, 0.29) is 0 Å². The molecule has 0 spiro atoms. The molecule has 0 aliphatic carbocycles. The third kappa shape index (κ3) is 1.58. The highest BCUT2D eigenvalue weighted by atomic mass is 16.3. The molecule has 6 nitrogen and oxygen atoms in total. The molecule has 0 unspecified atom stereocenters. The molecule has 0 radical (unpaired) electrons. The Morgan fingerprint density at radius 1 is 1.36 bits per heavy atom. The molecular formula is C8H14N2O4. The minimum absolute atomic E-state index is 0.435. The van der Waals surface area contributed by atoms with Crippen LogP contribution >= 0.6 is 0 Å². The van der Waals surface area contributed by atoms with Crippen molar-refractivity contribution in [2.24, 2.45) is 0 Å². The highest BCUT2D eigenvalue weighted by Crippen LogP contribution is 2.18. The second kappa shape index (κ2) is 3.55. The number of imide groups is 1. The van der Waals surface area contributed by atoms with Crippen LogP contribution in [0.3, 0.4) is 0 Å². The number of nitrogens with zero attached hydrogens (tertiary/aromatic N) is 1. The first-order valence-corrected chi connectivity index (χ1v) is 4.31. The Hall–Kier alpha value is -1.14. The van der Waals surface area contributed by atoms with Gasteiger partial charge in [-0.05, 0) is 13.8 Å². The van der Waals surface area contributed by atoms with E-state index in [0.717, 1.165) is 4.90 Å². The molecule has 80 valence electrons. The molecular weight excluding hydrogens is 188 g/mol. The fraction of sp³-hybridized carbons (Fsp3) is 0.750. The van der Waals surface area contributed by atoms with Gasteiger partial charge in [0.2, 0.25) is 0 Å². The normalized spacial score (nSPS) is 20.5. The van der Waals surface area contributed by atoms with Crippen LogP contribution in [0.15, 0.2) is 0 Å². The van der Waals surface area contributed by atoms with Gasteiger partial charge in [-0.2, -0.15) is 0 Å². The lowest BCUT2D eigenvalue weighted by atomic mass is 10.1. The summed E-state index contributed by atoms with van der Waals surface area (Å²) in [6.45, 7) is 2.26. The van der Waals surface area contributed by atoms with Crippen LogP contribution in [0.2, 0.25) is 0 Å². The number of nitrogens with one attached hydrogen (secondary N) is 1. The van der Waals surface area contributed by atoms with Crippen LogP contribution in [-0.4, -0.2) is 51.8 Å². The van der Waals surface area contributed by atoms with Crippen LogP contribution < -0.4 is 5.32 Å². The summed E-state index contributed by atoms with van der Waals surface area (Å²) in [5.41, 5.74) is -0.959. The molecule has 3 amide bonds. The second-order valence-corrected chi connectivity index (χ2v) is 3.75. The Bertz CT molecular complexity index is 260. The molecule has 1 saturated heterocycles. The zero-order valence-electron chi connectivity index (χ0n) is 8.15. The van der Waals surface area contributed by atoms with Crippen molar-refractivity contribution in [3.05, 3.63) is 0 Å². The minimum atomic E-state index is -0.959. The largest absolute Gasteiger partial charge is 0.394 e. The van der Waals surface area contributed by atoms with Crippen molar-refractivity contribution in [2.45, 2.75) is 25.4 Å². The molecule has 0 aromatic carbocycles. The third-order valence-electron chi connectivity index (χ3n) is 2.18. The standard InChI is InChI=1S/C8H14N2O4/c1-8(2)6(13)10(7(14)9-8)5(3-11)4-12/h5,11-12H,3-4H2,1-2H3,(H,9,14). The first-order chi connectivity index (χ1) is 6.44. The molecule has 3 N–H and O–H groups in total. The van der Waals surface area contributed by atoms with E-state index in [0.29, 0.717) is 0 Å². The maximum Gasteiger partial charge on any atom is 0.325 e. The van der Waals surface area contributed by atoms with E-state index in [1.807, 2.05) is 0 Å². The molecule has 1 aliphatic heterocycles. The van der Waals surface area contributed by atoms with E-state index in [1.54, 1.807) is 13.8 Å². The predicted molar refractivity (Wildman–Crippen MR) is 47.4 cm³/mol. The first-order valence-electron chi connectivity index (χ1n) is 4.31. The fourth-order valence-electron chi connectivity index (χ4n) is 1.33. The number of urea groups is 1. The van der Waals surface area contributed by atoms with Gasteiger partial charge >= 0.3 is 6.03 Å². The van der Waals surface area contributed by atoms with Crippen LogP contribution in [0.5, 0.6) is 0 Å². The van der Waals surface area contributed by atoms with Gasteiger partial charge in [0, 0.05) is 0 Å². The van der Waals surface area contributed by atoms with Crippen molar-refractivity contribution in [1.29, 1.82) is 0 Å². The number of rotatable bonds is 3. The van der Waals surface area contributed by atoms with Gasteiger partial charge < -0.3 is 15.5 Å². The van der Waals surface area contributed by atoms with Crippen LogP contribution in [0.25, 0.3) is 0 Å². The molecule has 0 bridgehead atoms. The van der Waals surface area contributed by atoms with E-state index in [4.69, 9.17) is 10.2 Å². The van der Waals surface area contributed by atoms with E-state index >= 15 is 0 Å². The summed E-state index contributed by atoms with van der Waals surface area (Å²) >= 11 is 0. The number of aliphatic hydroxyl groups is 2. The Morgan fingerprint density at radius 3 is 2.14 bits per heavy atom. The van der Waals surface area contributed by atoms with Gasteiger partial charge in [0.25, 0.3) is 5.91 Å². The Balaban J connectivity index is 2.90. The van der Waals surface area contributed by atoms with E-state index in [1.165, 1.54) is 0 Å². The molecule has 0 atom stereocenters. The topological polar surface area (TPSA) is 89.9 Å². The second-order valence-electron chi connectivity index (χ2n) is 3.75. The summed E-state index contributed by atoms with van der Waals surface area (Å²) in [5, 5.41) is 20.2. The number of hydrogen-bond acceptors (Lipinski definition) is 4. The van der Waals surface area contributed by atoms with Crippen LogP contribution in [0, 0.1) is 0 Å². The SMILES string of the molecule is CC1(C)NC(=O)N(C(CO)CO)C1=O. The summed E-state index contributed by atoms with van der Waals surface area (Å²) in [6, 6.07) is -1.43. The lowest BCUT2D eigenvalue weighted by molar-refractivity contribution is -0.133. The van der Waals surface area contributed by atoms with Gasteiger partial charge in [-0.15, -0.1) is 0 Å². The number of amides is 3. The zero-order chi connectivity index (χ0) is 10.9. The zero-order valence-corrected chi connectivity index (χ0v) is 8.15. The van der Waals surface area contributed by atoms with Crippen LogP contribution in [0.4, 0.5) is 4.79 Å². The van der Waals surface area contributed by atoms with Gasteiger partial charge in [-0.1, -0.05) is 0 Å². The highest BCUT2D eigenvalue weighted by molar-refractivity contribution is 6.06. The number of aliphatic hydroxyl groups excluding tert-OH is 2. The summed E-state index contributed by atoms with van der Waals surface area (Å²) in [4.78, 5) is 23.8. The van der Waals surface area contributed by atoms with E-state index < -0.39 is 36.7 Å². The number of carbonyl (C=O) groups is 2. The molecule has 1 fully saturated rings. The summed E-state index contributed by atoms with van der Waals surface area (Å²) in [5.74, 6) is -0.435. The Labute approximate surface area is 81.5 Å². The van der Waals surface area contributed by atoms with Crippen LogP contribution in [0.1, 0.15) is 13.8 Å².